The maximum atomic E-state index is 2.44. The summed E-state index contributed by atoms with van der Waals surface area (Å²) in [5.74, 6) is 0. The Morgan fingerprint density at radius 1 is 0.425 bits per heavy atom. The summed E-state index contributed by atoms with van der Waals surface area (Å²) >= 11 is 0. The van der Waals surface area contributed by atoms with E-state index in [0.29, 0.717) is 0 Å². The van der Waals surface area contributed by atoms with Crippen LogP contribution in [0.1, 0.15) is 50.7 Å². The van der Waals surface area contributed by atoms with Gasteiger partial charge in [0.15, 0.2) is 0 Å². The molecule has 0 N–H and O–H groups in total. The monoisotopic (exact) mass is 520 g/mol. The Kier molecular flexibility index (Phi) is 6.40. The first-order valence-corrected chi connectivity index (χ1v) is 14.9. The van der Waals surface area contributed by atoms with Gasteiger partial charge in [-0.2, -0.15) is 0 Å². The van der Waals surface area contributed by atoms with Crippen molar-refractivity contribution in [2.24, 2.45) is 0 Å². The number of para-hydroxylation sites is 2. The molecule has 0 unspecified atom stereocenters. The highest BCUT2D eigenvalue weighted by molar-refractivity contribution is 6.10. The average Bonchev–Trinajstić information content (AvgIpc) is 3.51. The van der Waals surface area contributed by atoms with Crippen LogP contribution in [0.2, 0.25) is 0 Å². The lowest BCUT2D eigenvalue weighted by Gasteiger charge is -2.13. The lowest BCUT2D eigenvalue weighted by atomic mass is 10.0. The van der Waals surface area contributed by atoms with E-state index in [0.717, 1.165) is 12.8 Å². The van der Waals surface area contributed by atoms with Gasteiger partial charge < -0.3 is 9.13 Å². The number of rotatable bonds is 8. The van der Waals surface area contributed by atoms with E-state index < -0.39 is 0 Å². The highest BCUT2D eigenvalue weighted by Crippen LogP contribution is 2.36. The predicted molar refractivity (Wildman–Crippen MR) is 172 cm³/mol. The molecule has 198 valence electrons. The van der Waals surface area contributed by atoms with Gasteiger partial charge in [0.05, 0.1) is 22.1 Å². The molecular weight excluding hydrogens is 484 g/mol. The molecule has 2 aromatic heterocycles. The second kappa shape index (κ2) is 10.4. The van der Waals surface area contributed by atoms with Crippen molar-refractivity contribution in [3.05, 3.63) is 120 Å². The van der Waals surface area contributed by atoms with Gasteiger partial charge in [-0.1, -0.05) is 81.3 Å². The maximum absolute atomic E-state index is 2.44. The molecule has 0 bridgehead atoms. The summed E-state index contributed by atoms with van der Waals surface area (Å²) in [7, 11) is 0. The Labute approximate surface area is 236 Å². The van der Waals surface area contributed by atoms with E-state index in [1.807, 2.05) is 0 Å². The fourth-order valence-corrected chi connectivity index (χ4v) is 6.44. The third-order valence-corrected chi connectivity index (χ3v) is 8.46. The smallest absolute Gasteiger partial charge is 0.0541 e. The van der Waals surface area contributed by atoms with Crippen molar-refractivity contribution in [2.45, 2.75) is 52.4 Å². The Morgan fingerprint density at radius 2 is 0.875 bits per heavy atom. The quantitative estimate of drug-likeness (QED) is 0.189. The minimum Gasteiger partial charge on any atom is -0.309 e. The molecule has 0 amide bonds. The number of nitrogens with zero attached hydrogens (tertiary/aromatic N) is 2. The van der Waals surface area contributed by atoms with Crippen LogP contribution >= 0.6 is 0 Å². The van der Waals surface area contributed by atoms with Gasteiger partial charge in [0.2, 0.25) is 0 Å². The van der Waals surface area contributed by atoms with Crippen LogP contribution < -0.4 is 0 Å². The number of hydrogen-bond acceptors (Lipinski definition) is 0. The minimum absolute atomic E-state index is 1.13. The molecule has 2 heterocycles. The third kappa shape index (κ3) is 4.10. The fraction of sp³-hybridized carbons (Fsp3) is 0.211. The van der Waals surface area contributed by atoms with Crippen LogP contribution in [0.5, 0.6) is 0 Å². The molecule has 0 aliphatic carbocycles. The molecule has 0 spiro atoms. The largest absolute Gasteiger partial charge is 0.309 e. The van der Waals surface area contributed by atoms with E-state index in [4.69, 9.17) is 0 Å². The zero-order chi connectivity index (χ0) is 27.1. The summed E-state index contributed by atoms with van der Waals surface area (Å²) in [6.07, 6.45) is 7.16. The third-order valence-electron chi connectivity index (χ3n) is 8.46. The van der Waals surface area contributed by atoms with E-state index in [2.05, 4.69) is 132 Å². The fourth-order valence-electron chi connectivity index (χ4n) is 6.44. The lowest BCUT2D eigenvalue weighted by Crippen LogP contribution is -1.98. The van der Waals surface area contributed by atoms with Crippen LogP contribution in [0.4, 0.5) is 0 Å². The molecule has 0 radical (unpaired) electrons. The predicted octanol–water partition coefficient (Wildman–Crippen LogP) is 10.6. The molecule has 2 nitrogen and oxygen atoms in total. The van der Waals surface area contributed by atoms with Gasteiger partial charge in [0, 0.05) is 32.9 Å². The molecule has 40 heavy (non-hydrogen) atoms. The molecule has 0 saturated carbocycles. The second-order valence-electron chi connectivity index (χ2n) is 11.1. The second-order valence-corrected chi connectivity index (χ2v) is 11.1. The summed E-state index contributed by atoms with van der Waals surface area (Å²) in [6, 6.07) is 40.9. The van der Waals surface area contributed by atoms with Gasteiger partial charge in [-0.25, -0.2) is 0 Å². The first-order chi connectivity index (χ1) is 19.8. The SMILES string of the molecule is CCCCc1ccc2c(c1)c1ccccc1n2-c1cccc(-n2c3ccccc3c3cc(CCCC)ccc32)c1. The molecule has 0 atom stereocenters. The Morgan fingerprint density at radius 3 is 1.35 bits per heavy atom. The van der Waals surface area contributed by atoms with Crippen LogP contribution in [0.15, 0.2) is 109 Å². The molecular formula is C38H36N2. The number of benzene rings is 5. The van der Waals surface area contributed by atoms with E-state index in [1.165, 1.54) is 91.8 Å². The number of aryl methyl sites for hydroxylation is 2. The summed E-state index contributed by atoms with van der Waals surface area (Å²) in [4.78, 5) is 0. The zero-order valence-electron chi connectivity index (χ0n) is 23.5. The standard InChI is InChI=1S/C38H36N2/c1-3-5-12-27-20-22-37-33(24-27)31-16-7-9-18-35(31)39(37)29-14-11-15-30(26-29)40-36-19-10-8-17-32(36)34-25-28(13-6-4-2)21-23-38(34)40/h7-11,14-26H,3-6,12-13H2,1-2H3. The van der Waals surface area contributed by atoms with Crippen molar-refractivity contribution in [3.63, 3.8) is 0 Å². The molecule has 0 saturated heterocycles. The molecule has 2 heteroatoms. The Hall–Kier alpha value is -4.30. The average molecular weight is 521 g/mol. The van der Waals surface area contributed by atoms with Crippen molar-refractivity contribution in [3.8, 4) is 11.4 Å². The van der Waals surface area contributed by atoms with Gasteiger partial charge in [-0.15, -0.1) is 0 Å². The normalized spacial score (nSPS) is 11.8. The topological polar surface area (TPSA) is 9.86 Å². The van der Waals surface area contributed by atoms with Crippen LogP contribution in [0, 0.1) is 0 Å². The minimum atomic E-state index is 1.13. The molecule has 7 rings (SSSR count). The molecule has 5 aromatic carbocycles. The van der Waals surface area contributed by atoms with Crippen LogP contribution in [-0.2, 0) is 12.8 Å². The molecule has 0 fully saturated rings. The molecule has 0 aliphatic heterocycles. The van der Waals surface area contributed by atoms with Gasteiger partial charge in [0.1, 0.15) is 0 Å². The Balaban J connectivity index is 1.42. The van der Waals surface area contributed by atoms with Crippen molar-refractivity contribution in [1.29, 1.82) is 0 Å². The van der Waals surface area contributed by atoms with Gasteiger partial charge >= 0.3 is 0 Å². The number of aromatic nitrogens is 2. The van der Waals surface area contributed by atoms with Gasteiger partial charge in [-0.05, 0) is 91.4 Å². The maximum Gasteiger partial charge on any atom is 0.0541 e. The zero-order valence-corrected chi connectivity index (χ0v) is 23.5. The van der Waals surface area contributed by atoms with E-state index >= 15 is 0 Å². The summed E-state index contributed by atoms with van der Waals surface area (Å²) in [5, 5.41) is 5.31. The van der Waals surface area contributed by atoms with Crippen LogP contribution in [-0.4, -0.2) is 9.13 Å². The van der Waals surface area contributed by atoms with Crippen molar-refractivity contribution < 1.29 is 0 Å². The number of unbranched alkanes of at least 4 members (excludes halogenated alkanes) is 2. The first-order valence-electron chi connectivity index (χ1n) is 14.9. The van der Waals surface area contributed by atoms with E-state index in [1.54, 1.807) is 0 Å². The van der Waals surface area contributed by atoms with Crippen LogP contribution in [0.3, 0.4) is 0 Å². The summed E-state index contributed by atoms with van der Waals surface area (Å²) < 4.78 is 4.88. The van der Waals surface area contributed by atoms with Crippen molar-refractivity contribution in [1.82, 2.24) is 9.13 Å². The number of fused-ring (bicyclic) bond motifs is 6. The first kappa shape index (κ1) is 24.7. The van der Waals surface area contributed by atoms with Crippen molar-refractivity contribution in [2.75, 3.05) is 0 Å². The van der Waals surface area contributed by atoms with Gasteiger partial charge in [0.25, 0.3) is 0 Å². The van der Waals surface area contributed by atoms with Crippen LogP contribution in [0.25, 0.3) is 55.0 Å². The lowest BCUT2D eigenvalue weighted by molar-refractivity contribution is 0.796. The molecule has 0 aliphatic rings. The highest BCUT2D eigenvalue weighted by atomic mass is 15.0. The number of hydrogen-bond donors (Lipinski definition) is 0. The van der Waals surface area contributed by atoms with E-state index in [9.17, 15) is 0 Å². The Bertz CT molecular complexity index is 1840. The van der Waals surface area contributed by atoms with E-state index in [-0.39, 0.29) is 0 Å². The van der Waals surface area contributed by atoms with Gasteiger partial charge in [-0.3, -0.25) is 0 Å². The summed E-state index contributed by atoms with van der Waals surface area (Å²) in [5.41, 5.74) is 10.3. The molecule has 7 aromatic rings. The highest BCUT2D eigenvalue weighted by Gasteiger charge is 2.16. The summed E-state index contributed by atoms with van der Waals surface area (Å²) in [6.45, 7) is 4.53. The van der Waals surface area contributed by atoms with Crippen molar-refractivity contribution >= 4 is 43.6 Å².